The van der Waals surface area contributed by atoms with Crippen LogP contribution in [-0.2, 0) is 11.3 Å². The molecule has 0 unspecified atom stereocenters. The van der Waals surface area contributed by atoms with Gasteiger partial charge in [0.25, 0.3) is 5.56 Å². The zero-order valence-corrected chi connectivity index (χ0v) is 10.4. The van der Waals surface area contributed by atoms with E-state index >= 15 is 0 Å². The minimum atomic E-state index is -0.324. The second kappa shape index (κ2) is 4.47. The van der Waals surface area contributed by atoms with E-state index in [4.69, 9.17) is 23.2 Å². The summed E-state index contributed by atoms with van der Waals surface area (Å²) in [5.41, 5.74) is 0.0652. The van der Waals surface area contributed by atoms with Crippen LogP contribution in [0.5, 0.6) is 0 Å². The topological polar surface area (TPSA) is 52.0 Å². The number of carbonyl (C=O) groups is 1. The van der Waals surface area contributed by atoms with Gasteiger partial charge in [0.05, 0.1) is 28.8 Å². The van der Waals surface area contributed by atoms with Gasteiger partial charge in [-0.1, -0.05) is 23.2 Å². The van der Waals surface area contributed by atoms with Crippen molar-refractivity contribution in [3.63, 3.8) is 0 Å². The van der Waals surface area contributed by atoms with E-state index in [-0.39, 0.29) is 17.9 Å². The zero-order chi connectivity index (χ0) is 12.6. The monoisotopic (exact) mass is 270 g/mol. The number of rotatable bonds is 2. The van der Waals surface area contributed by atoms with Gasteiger partial charge in [0.15, 0.2) is 0 Å². The molecule has 6 heteroatoms. The van der Waals surface area contributed by atoms with Gasteiger partial charge in [0, 0.05) is 5.02 Å². The fraction of sp³-hybridized carbons (Fsp3) is 0.182. The fourth-order valence-electron chi connectivity index (χ4n) is 1.55. The number of ketones is 1. The van der Waals surface area contributed by atoms with Crippen molar-refractivity contribution in [1.82, 2.24) is 9.55 Å². The fourth-order valence-corrected chi connectivity index (χ4v) is 2.09. The summed E-state index contributed by atoms with van der Waals surface area (Å²) < 4.78 is 1.23. The van der Waals surface area contributed by atoms with Crippen molar-refractivity contribution < 1.29 is 4.79 Å². The van der Waals surface area contributed by atoms with Crippen LogP contribution in [0.25, 0.3) is 10.9 Å². The molecule has 0 N–H and O–H groups in total. The number of aromatic nitrogens is 2. The molecule has 0 amide bonds. The normalized spacial score (nSPS) is 10.8. The molecule has 17 heavy (non-hydrogen) atoms. The van der Waals surface area contributed by atoms with Crippen LogP contribution in [-0.4, -0.2) is 15.3 Å². The number of halogens is 2. The van der Waals surface area contributed by atoms with Gasteiger partial charge in [0.2, 0.25) is 0 Å². The molecule has 4 nitrogen and oxygen atoms in total. The van der Waals surface area contributed by atoms with Crippen LogP contribution in [0.1, 0.15) is 6.92 Å². The zero-order valence-electron chi connectivity index (χ0n) is 8.91. The predicted octanol–water partition coefficient (Wildman–Crippen LogP) is 2.29. The summed E-state index contributed by atoms with van der Waals surface area (Å²) in [4.78, 5) is 27.1. The van der Waals surface area contributed by atoms with Gasteiger partial charge in [-0.2, -0.15) is 0 Å². The number of Topliss-reactive ketones (excluding diaryl/α,β-unsaturated/α-hetero) is 1. The van der Waals surface area contributed by atoms with Crippen molar-refractivity contribution in [1.29, 1.82) is 0 Å². The lowest BCUT2D eigenvalue weighted by Gasteiger charge is -2.05. The molecule has 0 aliphatic heterocycles. The molecular weight excluding hydrogens is 263 g/mol. The summed E-state index contributed by atoms with van der Waals surface area (Å²) in [5.74, 6) is -0.124. The lowest BCUT2D eigenvalue weighted by molar-refractivity contribution is -0.117. The van der Waals surface area contributed by atoms with Crippen molar-refractivity contribution >= 4 is 39.9 Å². The first kappa shape index (κ1) is 12.1. The Bertz CT molecular complexity index is 664. The van der Waals surface area contributed by atoms with Crippen molar-refractivity contribution in [2.24, 2.45) is 0 Å². The third-order valence-corrected chi connectivity index (χ3v) is 2.75. The smallest absolute Gasteiger partial charge is 0.261 e. The molecule has 0 saturated carbocycles. The average Bonchev–Trinajstić information content (AvgIpc) is 2.22. The van der Waals surface area contributed by atoms with Crippen LogP contribution in [0.2, 0.25) is 10.0 Å². The van der Waals surface area contributed by atoms with Crippen LogP contribution in [0.15, 0.2) is 23.3 Å². The van der Waals surface area contributed by atoms with E-state index in [1.807, 2.05) is 0 Å². The molecule has 1 aromatic heterocycles. The highest BCUT2D eigenvalue weighted by Crippen LogP contribution is 2.23. The van der Waals surface area contributed by atoms with E-state index in [1.54, 1.807) is 0 Å². The molecule has 1 heterocycles. The lowest BCUT2D eigenvalue weighted by atomic mass is 10.2. The van der Waals surface area contributed by atoms with Crippen LogP contribution in [0.4, 0.5) is 0 Å². The first-order valence-electron chi connectivity index (χ1n) is 4.82. The maximum Gasteiger partial charge on any atom is 0.261 e. The van der Waals surface area contributed by atoms with Gasteiger partial charge < -0.3 is 0 Å². The van der Waals surface area contributed by atoms with Crippen molar-refractivity contribution in [3.8, 4) is 0 Å². The summed E-state index contributed by atoms with van der Waals surface area (Å²) in [6.45, 7) is 1.40. The number of benzene rings is 1. The molecule has 0 bridgehead atoms. The Kier molecular flexibility index (Phi) is 3.17. The van der Waals surface area contributed by atoms with Gasteiger partial charge in [-0.3, -0.25) is 14.2 Å². The third kappa shape index (κ3) is 2.33. The first-order valence-corrected chi connectivity index (χ1v) is 5.58. The Morgan fingerprint density at radius 3 is 2.76 bits per heavy atom. The average molecular weight is 271 g/mol. The van der Waals surface area contributed by atoms with Crippen molar-refractivity contribution in [2.45, 2.75) is 13.5 Å². The quantitative estimate of drug-likeness (QED) is 0.842. The van der Waals surface area contributed by atoms with E-state index in [0.29, 0.717) is 20.9 Å². The van der Waals surface area contributed by atoms with Gasteiger partial charge in [0.1, 0.15) is 5.78 Å². The first-order chi connectivity index (χ1) is 7.99. The largest absolute Gasteiger partial charge is 0.298 e. The second-order valence-electron chi connectivity index (χ2n) is 3.66. The number of nitrogens with zero attached hydrogens (tertiary/aromatic N) is 2. The van der Waals surface area contributed by atoms with E-state index in [1.165, 1.54) is 30.0 Å². The molecule has 0 fully saturated rings. The van der Waals surface area contributed by atoms with Gasteiger partial charge in [-0.05, 0) is 19.1 Å². The minimum Gasteiger partial charge on any atom is -0.298 e. The molecule has 0 spiro atoms. The molecule has 0 aliphatic rings. The summed E-state index contributed by atoms with van der Waals surface area (Å²) >= 11 is 11.8. The Labute approximate surface area is 107 Å². The molecule has 2 aromatic rings. The SMILES string of the molecule is CC(=O)Cn1cnc2c(Cl)cc(Cl)cc2c1=O. The summed E-state index contributed by atoms with van der Waals surface area (Å²) in [6, 6.07) is 3.02. The van der Waals surface area contributed by atoms with E-state index < -0.39 is 0 Å². The molecule has 0 aliphatic carbocycles. The molecule has 0 radical (unpaired) electrons. The highest BCUT2D eigenvalue weighted by molar-refractivity contribution is 6.38. The second-order valence-corrected chi connectivity index (χ2v) is 4.51. The highest BCUT2D eigenvalue weighted by Gasteiger charge is 2.09. The Morgan fingerprint density at radius 2 is 2.12 bits per heavy atom. The van der Waals surface area contributed by atoms with E-state index in [9.17, 15) is 9.59 Å². The molecule has 0 saturated heterocycles. The van der Waals surface area contributed by atoms with Crippen molar-refractivity contribution in [2.75, 3.05) is 0 Å². The minimum absolute atomic E-state index is 0.00803. The Morgan fingerprint density at radius 1 is 1.41 bits per heavy atom. The van der Waals surface area contributed by atoms with Crippen LogP contribution >= 0.6 is 23.2 Å². The lowest BCUT2D eigenvalue weighted by Crippen LogP contribution is -2.23. The molecule has 2 rings (SSSR count). The number of carbonyl (C=O) groups excluding carboxylic acids is 1. The van der Waals surface area contributed by atoms with Crippen molar-refractivity contribution in [3.05, 3.63) is 38.9 Å². The molecule has 1 aromatic carbocycles. The van der Waals surface area contributed by atoms with Crippen LogP contribution in [0, 0.1) is 0 Å². The number of hydrogen-bond donors (Lipinski definition) is 0. The summed E-state index contributed by atoms with van der Waals surface area (Å²) in [6.07, 6.45) is 1.31. The molecule has 88 valence electrons. The Balaban J connectivity index is 2.75. The molecule has 0 atom stereocenters. The summed E-state index contributed by atoms with van der Waals surface area (Å²) in [5, 5.41) is 0.993. The van der Waals surface area contributed by atoms with E-state index in [0.717, 1.165) is 0 Å². The standard InChI is InChI=1S/C11H8Cl2N2O2/c1-6(16)4-15-5-14-10-8(11(15)17)2-7(12)3-9(10)13/h2-3,5H,4H2,1H3. The van der Waals surface area contributed by atoms with Crippen LogP contribution < -0.4 is 5.56 Å². The third-order valence-electron chi connectivity index (χ3n) is 2.24. The van der Waals surface area contributed by atoms with Gasteiger partial charge >= 0.3 is 0 Å². The number of hydrogen-bond acceptors (Lipinski definition) is 3. The maximum absolute atomic E-state index is 12.0. The molecular formula is C11H8Cl2N2O2. The number of fused-ring (bicyclic) bond motifs is 1. The Hall–Kier alpha value is -1.39. The predicted molar refractivity (Wildman–Crippen MR) is 66.7 cm³/mol. The summed E-state index contributed by atoms with van der Waals surface area (Å²) in [7, 11) is 0. The van der Waals surface area contributed by atoms with Gasteiger partial charge in [-0.15, -0.1) is 0 Å². The highest BCUT2D eigenvalue weighted by atomic mass is 35.5. The van der Waals surface area contributed by atoms with E-state index in [2.05, 4.69) is 4.98 Å². The maximum atomic E-state index is 12.0. The van der Waals surface area contributed by atoms with Gasteiger partial charge in [-0.25, -0.2) is 4.98 Å². The van der Waals surface area contributed by atoms with Crippen LogP contribution in [0.3, 0.4) is 0 Å².